The first-order valence-corrected chi connectivity index (χ1v) is 6.25. The highest BCUT2D eigenvalue weighted by molar-refractivity contribution is 5.88. The monoisotopic (exact) mass is 283 g/mol. The summed E-state index contributed by atoms with van der Waals surface area (Å²) in [5.41, 5.74) is 6.10. The fourth-order valence-electron chi connectivity index (χ4n) is 1.80. The number of aliphatic hydroxyl groups is 1. The van der Waals surface area contributed by atoms with Crippen molar-refractivity contribution in [2.24, 2.45) is 11.7 Å². The molecule has 110 valence electrons. The first-order valence-electron chi connectivity index (χ1n) is 6.25. The minimum atomic E-state index is -1.12. The van der Waals surface area contributed by atoms with Crippen molar-refractivity contribution in [3.8, 4) is 0 Å². The summed E-state index contributed by atoms with van der Waals surface area (Å²) in [5, 5.41) is 18.4. The van der Waals surface area contributed by atoms with E-state index in [0.29, 0.717) is 5.56 Å². The van der Waals surface area contributed by atoms with E-state index < -0.39 is 35.6 Å². The summed E-state index contributed by atoms with van der Waals surface area (Å²) < 4.78 is 12.8. The van der Waals surface area contributed by atoms with Gasteiger partial charge in [-0.25, -0.2) is 4.39 Å². The number of Topliss-reactive ketones (excluding diaryl/α,β-unsaturated/α-hetero) is 1. The molecule has 0 bridgehead atoms. The Hall–Kier alpha value is -1.79. The molecule has 0 saturated carbocycles. The van der Waals surface area contributed by atoms with Gasteiger partial charge in [0.05, 0.1) is 18.1 Å². The lowest BCUT2D eigenvalue weighted by atomic mass is 9.91. The Bertz CT molecular complexity index is 473. The molecule has 5 nitrogen and oxygen atoms in total. The zero-order valence-corrected chi connectivity index (χ0v) is 11.1. The van der Waals surface area contributed by atoms with Gasteiger partial charge in [0.2, 0.25) is 0 Å². The van der Waals surface area contributed by atoms with Gasteiger partial charge in [0, 0.05) is 6.42 Å². The second-order valence-corrected chi connectivity index (χ2v) is 4.80. The minimum absolute atomic E-state index is 0.105. The van der Waals surface area contributed by atoms with Gasteiger partial charge in [-0.2, -0.15) is 0 Å². The number of carbonyl (C=O) groups excluding carboxylic acids is 1. The number of halogens is 1. The van der Waals surface area contributed by atoms with Crippen LogP contribution in [0.3, 0.4) is 0 Å². The van der Waals surface area contributed by atoms with Crippen molar-refractivity contribution < 1.29 is 24.2 Å². The maximum atomic E-state index is 12.8. The molecule has 6 heteroatoms. The van der Waals surface area contributed by atoms with E-state index in [-0.39, 0.29) is 12.8 Å². The predicted molar refractivity (Wildman–Crippen MR) is 70.5 cm³/mol. The molecule has 0 radical (unpaired) electrons. The Morgan fingerprint density at radius 3 is 2.30 bits per heavy atom. The van der Waals surface area contributed by atoms with E-state index in [1.807, 2.05) is 0 Å². The lowest BCUT2D eigenvalue weighted by molar-refractivity contribution is -0.144. The van der Waals surface area contributed by atoms with Gasteiger partial charge in [0.25, 0.3) is 0 Å². The van der Waals surface area contributed by atoms with Crippen molar-refractivity contribution in [3.05, 3.63) is 35.6 Å². The smallest absolute Gasteiger partial charge is 0.307 e. The third kappa shape index (κ3) is 4.71. The molecule has 0 heterocycles. The maximum Gasteiger partial charge on any atom is 0.307 e. The lowest BCUT2D eigenvalue weighted by Crippen LogP contribution is -2.41. The fourth-order valence-corrected chi connectivity index (χ4v) is 1.80. The number of benzene rings is 1. The van der Waals surface area contributed by atoms with E-state index >= 15 is 0 Å². The summed E-state index contributed by atoms with van der Waals surface area (Å²) >= 11 is 0. The Labute approximate surface area is 116 Å². The SMILES string of the molecule is C[C@@H](O)[C@H](N)C(=O)CC(Cc1ccc(F)cc1)C(=O)O. The number of aliphatic hydroxyl groups excluding tert-OH is 1. The number of hydrogen-bond donors (Lipinski definition) is 3. The van der Waals surface area contributed by atoms with E-state index in [0.717, 1.165) is 0 Å². The van der Waals surface area contributed by atoms with Crippen LogP contribution in [0, 0.1) is 11.7 Å². The molecule has 0 spiro atoms. The molecule has 3 atom stereocenters. The van der Waals surface area contributed by atoms with Gasteiger partial charge >= 0.3 is 5.97 Å². The quantitative estimate of drug-likeness (QED) is 0.685. The van der Waals surface area contributed by atoms with Crippen LogP contribution in [0.5, 0.6) is 0 Å². The summed E-state index contributed by atoms with van der Waals surface area (Å²) in [6.07, 6.45) is -1.19. The Morgan fingerprint density at radius 2 is 1.85 bits per heavy atom. The van der Waals surface area contributed by atoms with Crippen molar-refractivity contribution in [1.29, 1.82) is 0 Å². The number of nitrogens with two attached hydrogens (primary N) is 1. The molecule has 0 saturated heterocycles. The summed E-state index contributed by atoms with van der Waals surface area (Å²) in [7, 11) is 0. The number of rotatable bonds is 7. The first-order chi connectivity index (χ1) is 9.31. The van der Waals surface area contributed by atoms with Gasteiger partial charge in [-0.3, -0.25) is 9.59 Å². The standard InChI is InChI=1S/C14H18FNO4/c1-8(17)13(16)12(18)7-10(14(19)20)6-9-2-4-11(15)5-3-9/h2-5,8,10,13,17H,6-7,16H2,1H3,(H,19,20)/t8-,10?,13+/m1/s1. The van der Waals surface area contributed by atoms with E-state index in [4.69, 9.17) is 10.8 Å². The minimum Gasteiger partial charge on any atom is -0.481 e. The fraction of sp³-hybridized carbons (Fsp3) is 0.429. The molecule has 0 fully saturated rings. The molecule has 0 amide bonds. The van der Waals surface area contributed by atoms with E-state index in [9.17, 15) is 19.1 Å². The average molecular weight is 283 g/mol. The largest absolute Gasteiger partial charge is 0.481 e. The second kappa shape index (κ2) is 7.12. The molecule has 0 aliphatic carbocycles. The molecule has 20 heavy (non-hydrogen) atoms. The van der Waals surface area contributed by atoms with Gasteiger partial charge in [-0.1, -0.05) is 12.1 Å². The molecular weight excluding hydrogens is 265 g/mol. The van der Waals surface area contributed by atoms with Crippen molar-refractivity contribution in [2.45, 2.75) is 31.9 Å². The molecule has 1 aromatic carbocycles. The molecule has 0 aliphatic heterocycles. The lowest BCUT2D eigenvalue weighted by Gasteiger charge is -2.17. The highest BCUT2D eigenvalue weighted by Gasteiger charge is 2.26. The molecule has 1 rings (SSSR count). The van der Waals surface area contributed by atoms with Crippen LogP contribution in [0.15, 0.2) is 24.3 Å². The van der Waals surface area contributed by atoms with Crippen LogP contribution in [0.25, 0.3) is 0 Å². The third-order valence-electron chi connectivity index (χ3n) is 3.08. The molecule has 1 unspecified atom stereocenters. The van der Waals surface area contributed by atoms with Gasteiger partial charge in [-0.05, 0) is 31.0 Å². The molecule has 1 aromatic rings. The van der Waals surface area contributed by atoms with Crippen molar-refractivity contribution in [1.82, 2.24) is 0 Å². The number of aliphatic carboxylic acids is 1. The Morgan fingerprint density at radius 1 is 1.30 bits per heavy atom. The number of ketones is 1. The normalized spacial score (nSPS) is 15.4. The maximum absolute atomic E-state index is 12.8. The van der Waals surface area contributed by atoms with Gasteiger partial charge in [0.1, 0.15) is 5.82 Å². The number of carboxylic acids is 1. The zero-order valence-electron chi connectivity index (χ0n) is 11.1. The molecule has 4 N–H and O–H groups in total. The highest BCUT2D eigenvalue weighted by Crippen LogP contribution is 2.15. The summed E-state index contributed by atoms with van der Waals surface area (Å²) in [6, 6.07) is 4.33. The van der Waals surface area contributed by atoms with Crippen molar-refractivity contribution >= 4 is 11.8 Å². The van der Waals surface area contributed by atoms with Crippen LogP contribution in [0.4, 0.5) is 4.39 Å². The van der Waals surface area contributed by atoms with Crippen LogP contribution >= 0.6 is 0 Å². The van der Waals surface area contributed by atoms with Gasteiger partial charge < -0.3 is 15.9 Å². The Balaban J connectivity index is 2.72. The number of carboxylic acid groups (broad SMARTS) is 1. The summed E-state index contributed by atoms with van der Waals surface area (Å²) in [5.74, 6) is -2.99. The molecular formula is C14H18FNO4. The van der Waals surface area contributed by atoms with Crippen LogP contribution in [0.2, 0.25) is 0 Å². The van der Waals surface area contributed by atoms with Crippen LogP contribution in [-0.4, -0.2) is 34.1 Å². The average Bonchev–Trinajstić information content (AvgIpc) is 2.39. The number of hydrogen-bond acceptors (Lipinski definition) is 4. The highest BCUT2D eigenvalue weighted by atomic mass is 19.1. The summed E-state index contributed by atoms with van der Waals surface area (Å²) in [6.45, 7) is 1.37. The molecule has 0 aliphatic rings. The Kier molecular flexibility index (Phi) is 5.79. The summed E-state index contributed by atoms with van der Waals surface area (Å²) in [4.78, 5) is 22.9. The predicted octanol–water partition coefficient (Wildman–Crippen LogP) is 0.736. The third-order valence-corrected chi connectivity index (χ3v) is 3.08. The molecule has 0 aromatic heterocycles. The van der Waals surface area contributed by atoms with Crippen molar-refractivity contribution in [3.63, 3.8) is 0 Å². The van der Waals surface area contributed by atoms with Crippen LogP contribution in [-0.2, 0) is 16.0 Å². The van der Waals surface area contributed by atoms with E-state index in [1.54, 1.807) is 0 Å². The number of carbonyl (C=O) groups is 2. The van der Waals surface area contributed by atoms with Gasteiger partial charge in [0.15, 0.2) is 5.78 Å². The topological polar surface area (TPSA) is 101 Å². The van der Waals surface area contributed by atoms with E-state index in [2.05, 4.69) is 0 Å². The van der Waals surface area contributed by atoms with Crippen molar-refractivity contribution in [2.75, 3.05) is 0 Å². The second-order valence-electron chi connectivity index (χ2n) is 4.80. The van der Waals surface area contributed by atoms with E-state index in [1.165, 1.54) is 31.2 Å². The first kappa shape index (κ1) is 16.3. The van der Waals surface area contributed by atoms with Crippen LogP contribution in [0.1, 0.15) is 18.9 Å². The van der Waals surface area contributed by atoms with Gasteiger partial charge in [-0.15, -0.1) is 0 Å². The zero-order chi connectivity index (χ0) is 15.3. The van der Waals surface area contributed by atoms with Crippen LogP contribution < -0.4 is 5.73 Å².